The molecule has 2 heterocycles. The summed E-state index contributed by atoms with van der Waals surface area (Å²) in [6, 6.07) is 13.7. The molecule has 0 radical (unpaired) electrons. The zero-order valence-electron chi connectivity index (χ0n) is 16.7. The normalized spacial score (nSPS) is 17.9. The van der Waals surface area contributed by atoms with Gasteiger partial charge in [0.25, 0.3) is 0 Å². The number of thioether (sulfide) groups is 1. The van der Waals surface area contributed by atoms with Crippen LogP contribution in [0, 0.1) is 0 Å². The Balaban J connectivity index is 1.52. The molecule has 4 rings (SSSR count). The number of benzene rings is 2. The zero-order chi connectivity index (χ0) is 22.0. The molecule has 7 nitrogen and oxygen atoms in total. The number of hydrogen-bond acceptors (Lipinski definition) is 5. The van der Waals surface area contributed by atoms with Crippen molar-refractivity contribution in [2.45, 2.75) is 17.5 Å². The Morgan fingerprint density at radius 1 is 1.23 bits per heavy atom. The summed E-state index contributed by atoms with van der Waals surface area (Å²) in [6.45, 7) is -0.0393. The van der Waals surface area contributed by atoms with Crippen LogP contribution in [0.2, 0.25) is 5.02 Å². The minimum absolute atomic E-state index is 0.0429. The van der Waals surface area contributed by atoms with E-state index in [1.54, 1.807) is 17.8 Å². The van der Waals surface area contributed by atoms with E-state index in [0.29, 0.717) is 16.3 Å². The van der Waals surface area contributed by atoms with Crippen LogP contribution in [0.3, 0.4) is 0 Å². The minimum Gasteiger partial charge on any atom is -0.456 e. The van der Waals surface area contributed by atoms with E-state index in [-0.39, 0.29) is 25.6 Å². The van der Waals surface area contributed by atoms with Crippen LogP contribution in [-0.2, 0) is 20.9 Å². The molecule has 3 amide bonds. The van der Waals surface area contributed by atoms with E-state index in [1.807, 2.05) is 48.7 Å². The lowest BCUT2D eigenvalue weighted by molar-refractivity contribution is -0.136. The van der Waals surface area contributed by atoms with Gasteiger partial charge in [0.05, 0.1) is 17.3 Å². The van der Waals surface area contributed by atoms with Crippen molar-refractivity contribution in [3.05, 3.63) is 76.0 Å². The van der Waals surface area contributed by atoms with Crippen LogP contribution in [-0.4, -0.2) is 42.2 Å². The van der Waals surface area contributed by atoms with Crippen molar-refractivity contribution >= 4 is 41.3 Å². The van der Waals surface area contributed by atoms with Crippen LogP contribution in [0.5, 0.6) is 0 Å². The Morgan fingerprint density at radius 2 is 1.97 bits per heavy atom. The SMILES string of the molecule is CSc1ccc([C@@H]2NC(=O)N(CC(=O)NCc3ccccc3Cl)C3=C2C(=O)OC3)cc1. The van der Waals surface area contributed by atoms with Gasteiger partial charge in [0.2, 0.25) is 5.91 Å². The van der Waals surface area contributed by atoms with Crippen molar-refractivity contribution < 1.29 is 19.1 Å². The molecule has 2 aliphatic heterocycles. The summed E-state index contributed by atoms with van der Waals surface area (Å²) in [5.41, 5.74) is 2.32. The minimum atomic E-state index is -0.615. The molecule has 0 saturated heterocycles. The molecule has 0 saturated carbocycles. The van der Waals surface area contributed by atoms with E-state index in [9.17, 15) is 14.4 Å². The molecule has 0 bridgehead atoms. The number of ether oxygens (including phenoxy) is 1. The molecular formula is C22H20ClN3O4S. The van der Waals surface area contributed by atoms with Crippen LogP contribution in [0.4, 0.5) is 4.79 Å². The van der Waals surface area contributed by atoms with E-state index in [1.165, 1.54) is 4.90 Å². The summed E-state index contributed by atoms with van der Waals surface area (Å²) in [5, 5.41) is 6.14. The molecule has 160 valence electrons. The molecule has 9 heteroatoms. The third-order valence-corrected chi connectivity index (χ3v) is 6.30. The largest absolute Gasteiger partial charge is 0.456 e. The number of nitrogens with zero attached hydrogens (tertiary/aromatic N) is 1. The third kappa shape index (κ3) is 4.40. The Kier molecular flexibility index (Phi) is 6.20. The van der Waals surface area contributed by atoms with Gasteiger partial charge in [0, 0.05) is 16.5 Å². The van der Waals surface area contributed by atoms with Crippen molar-refractivity contribution in [3.8, 4) is 0 Å². The summed E-state index contributed by atoms with van der Waals surface area (Å²) in [6.07, 6.45) is 1.97. The number of rotatable bonds is 6. The van der Waals surface area contributed by atoms with Gasteiger partial charge in [-0.25, -0.2) is 9.59 Å². The third-order valence-electron chi connectivity index (χ3n) is 5.18. The van der Waals surface area contributed by atoms with Gasteiger partial charge in [-0.05, 0) is 35.6 Å². The van der Waals surface area contributed by atoms with Gasteiger partial charge < -0.3 is 15.4 Å². The van der Waals surface area contributed by atoms with Gasteiger partial charge in [0.15, 0.2) is 0 Å². The van der Waals surface area contributed by atoms with Gasteiger partial charge in [-0.1, -0.05) is 41.9 Å². The van der Waals surface area contributed by atoms with Gasteiger partial charge in [-0.3, -0.25) is 9.69 Å². The van der Waals surface area contributed by atoms with E-state index in [2.05, 4.69) is 10.6 Å². The lowest BCUT2D eigenvalue weighted by Gasteiger charge is -2.32. The molecule has 0 unspecified atom stereocenters. The van der Waals surface area contributed by atoms with E-state index in [4.69, 9.17) is 16.3 Å². The molecule has 31 heavy (non-hydrogen) atoms. The number of hydrogen-bond donors (Lipinski definition) is 2. The first-order valence-electron chi connectivity index (χ1n) is 9.60. The van der Waals surface area contributed by atoms with Crippen molar-refractivity contribution in [2.24, 2.45) is 0 Å². The number of carbonyl (C=O) groups is 3. The van der Waals surface area contributed by atoms with E-state index >= 15 is 0 Å². The summed E-state index contributed by atoms with van der Waals surface area (Å²) >= 11 is 7.72. The average Bonchev–Trinajstić information content (AvgIpc) is 3.16. The van der Waals surface area contributed by atoms with Gasteiger partial charge >= 0.3 is 12.0 Å². The number of urea groups is 1. The van der Waals surface area contributed by atoms with Crippen LogP contribution in [0.1, 0.15) is 17.2 Å². The van der Waals surface area contributed by atoms with Gasteiger partial charge in [0.1, 0.15) is 13.2 Å². The Morgan fingerprint density at radius 3 is 2.68 bits per heavy atom. The fourth-order valence-electron chi connectivity index (χ4n) is 3.56. The highest BCUT2D eigenvalue weighted by atomic mass is 35.5. The fourth-order valence-corrected chi connectivity index (χ4v) is 4.17. The Hall–Kier alpha value is -2.97. The quantitative estimate of drug-likeness (QED) is 0.513. The molecule has 0 spiro atoms. The van der Waals surface area contributed by atoms with Crippen molar-refractivity contribution in [3.63, 3.8) is 0 Å². The van der Waals surface area contributed by atoms with Crippen LogP contribution in [0.25, 0.3) is 0 Å². The van der Waals surface area contributed by atoms with Crippen LogP contribution >= 0.6 is 23.4 Å². The number of halogens is 1. The number of amides is 3. The van der Waals surface area contributed by atoms with Gasteiger partial charge in [-0.15, -0.1) is 11.8 Å². The zero-order valence-corrected chi connectivity index (χ0v) is 18.3. The second kappa shape index (κ2) is 9.03. The highest BCUT2D eigenvalue weighted by Gasteiger charge is 2.42. The lowest BCUT2D eigenvalue weighted by Crippen LogP contribution is -2.50. The Labute approximate surface area is 188 Å². The average molecular weight is 458 g/mol. The molecule has 2 aliphatic rings. The number of esters is 1. The van der Waals surface area contributed by atoms with Crippen LogP contribution in [0.15, 0.2) is 64.7 Å². The summed E-state index contributed by atoms with van der Waals surface area (Å²) in [7, 11) is 0. The topological polar surface area (TPSA) is 87.7 Å². The molecule has 0 aromatic heterocycles. The number of cyclic esters (lactones) is 1. The summed E-state index contributed by atoms with van der Waals surface area (Å²) in [5.74, 6) is -0.862. The highest BCUT2D eigenvalue weighted by molar-refractivity contribution is 7.98. The lowest BCUT2D eigenvalue weighted by atomic mass is 9.96. The van der Waals surface area contributed by atoms with Gasteiger partial charge in [-0.2, -0.15) is 0 Å². The molecular weight excluding hydrogens is 438 g/mol. The predicted molar refractivity (Wildman–Crippen MR) is 117 cm³/mol. The molecule has 0 fully saturated rings. The maximum Gasteiger partial charge on any atom is 0.338 e. The maximum atomic E-state index is 12.8. The molecule has 1 atom stereocenters. The predicted octanol–water partition coefficient (Wildman–Crippen LogP) is 3.26. The first kappa shape index (κ1) is 21.3. The second-order valence-electron chi connectivity index (χ2n) is 7.05. The fraction of sp³-hybridized carbons (Fsp3) is 0.227. The molecule has 2 N–H and O–H groups in total. The van der Waals surface area contributed by atoms with Crippen molar-refractivity contribution in [2.75, 3.05) is 19.4 Å². The van der Waals surface area contributed by atoms with Crippen molar-refractivity contribution in [1.82, 2.24) is 15.5 Å². The number of nitrogens with one attached hydrogen (secondary N) is 2. The number of carbonyl (C=O) groups excluding carboxylic acids is 3. The standard InChI is InChI=1S/C22H20ClN3O4S/c1-31-15-8-6-13(7-9-15)20-19-17(12-30-21(19)28)26(22(29)25-20)11-18(27)24-10-14-4-2-3-5-16(14)23/h2-9,20H,10-12H2,1H3,(H,24,27)(H,25,29)/t20-/m0/s1. The smallest absolute Gasteiger partial charge is 0.338 e. The highest BCUT2D eigenvalue weighted by Crippen LogP contribution is 2.35. The Bertz CT molecular complexity index is 1070. The molecule has 2 aromatic carbocycles. The summed E-state index contributed by atoms with van der Waals surface area (Å²) in [4.78, 5) is 40.1. The first-order valence-corrected chi connectivity index (χ1v) is 11.2. The van der Waals surface area contributed by atoms with Crippen LogP contribution < -0.4 is 10.6 Å². The second-order valence-corrected chi connectivity index (χ2v) is 8.33. The first-order chi connectivity index (χ1) is 15.0. The molecule has 2 aromatic rings. The maximum absolute atomic E-state index is 12.8. The monoisotopic (exact) mass is 457 g/mol. The van der Waals surface area contributed by atoms with E-state index in [0.717, 1.165) is 16.0 Å². The van der Waals surface area contributed by atoms with E-state index < -0.39 is 18.0 Å². The van der Waals surface area contributed by atoms with Crippen molar-refractivity contribution in [1.29, 1.82) is 0 Å². The molecule has 0 aliphatic carbocycles. The summed E-state index contributed by atoms with van der Waals surface area (Å²) < 4.78 is 5.20.